The lowest BCUT2D eigenvalue weighted by Crippen LogP contribution is -2.39. The fraction of sp³-hybridized carbons (Fsp3) is 0.964. The Bertz CT molecular complexity index is 777. The van der Waals surface area contributed by atoms with Crippen LogP contribution in [0.15, 0.2) is 12.4 Å². The summed E-state index contributed by atoms with van der Waals surface area (Å²) in [6.45, 7) is 9.50. The first-order valence-electron chi connectivity index (χ1n) is 28.0. The molecule has 1 unspecified atom stereocenters. The second-order valence-corrected chi connectivity index (χ2v) is 19.6. The molecular weight excluding hydrogens is 701 g/mol. The van der Waals surface area contributed by atoms with Crippen molar-refractivity contribution in [2.24, 2.45) is 0 Å². The van der Waals surface area contributed by atoms with E-state index in [0.29, 0.717) is 6.17 Å². The highest BCUT2D eigenvalue weighted by Gasteiger charge is 2.25. The Morgan fingerprint density at radius 3 is 0.603 bits per heavy atom. The highest BCUT2D eigenvalue weighted by molar-refractivity contribution is 4.97. The number of rotatable bonds is 50. The van der Waals surface area contributed by atoms with Gasteiger partial charge in [0.1, 0.15) is 6.17 Å². The van der Waals surface area contributed by atoms with E-state index in [-0.39, 0.29) is 0 Å². The highest BCUT2D eigenvalue weighted by Crippen LogP contribution is 2.25. The van der Waals surface area contributed by atoms with Crippen LogP contribution in [-0.4, -0.2) is 29.1 Å². The van der Waals surface area contributed by atoms with Crippen molar-refractivity contribution >= 4 is 0 Å². The van der Waals surface area contributed by atoms with Gasteiger partial charge in [0.25, 0.3) is 0 Å². The highest BCUT2D eigenvalue weighted by atomic mass is 15.4. The zero-order valence-corrected chi connectivity index (χ0v) is 41.0. The van der Waals surface area contributed by atoms with Crippen molar-refractivity contribution in [2.75, 3.05) is 13.1 Å². The maximum absolute atomic E-state index is 2.75. The number of hydrogen-bond acceptors (Lipinski definition) is 2. The van der Waals surface area contributed by atoms with Crippen molar-refractivity contribution in [1.29, 1.82) is 0 Å². The lowest BCUT2D eigenvalue weighted by atomic mass is 10.0. The molecule has 0 aromatic rings. The van der Waals surface area contributed by atoms with Crippen LogP contribution in [0.3, 0.4) is 0 Å². The van der Waals surface area contributed by atoms with Crippen LogP contribution in [0, 0.1) is 0 Å². The minimum absolute atomic E-state index is 0.634. The van der Waals surface area contributed by atoms with Crippen molar-refractivity contribution in [2.45, 2.75) is 335 Å². The second-order valence-electron chi connectivity index (χ2n) is 19.6. The fourth-order valence-corrected chi connectivity index (χ4v) is 9.72. The summed E-state index contributed by atoms with van der Waals surface area (Å²) < 4.78 is 0. The summed E-state index contributed by atoms with van der Waals surface area (Å²) in [6, 6.07) is 0. The van der Waals surface area contributed by atoms with Gasteiger partial charge in [-0.15, -0.1) is 0 Å². The van der Waals surface area contributed by atoms with Gasteiger partial charge >= 0.3 is 0 Å². The van der Waals surface area contributed by atoms with E-state index in [2.05, 4.69) is 43.0 Å². The Morgan fingerprint density at radius 2 is 0.397 bits per heavy atom. The number of hydrogen-bond donors (Lipinski definition) is 0. The average molecular weight is 814 g/mol. The molecule has 1 atom stereocenters. The number of unbranched alkanes of at least 4 members (excludes halogenated alkanes) is 44. The molecule has 0 saturated heterocycles. The van der Waals surface area contributed by atoms with Crippen molar-refractivity contribution in [3.8, 4) is 0 Å². The molecule has 0 aliphatic carbocycles. The molecule has 0 saturated carbocycles. The molecule has 1 aliphatic rings. The quantitative estimate of drug-likeness (QED) is 0.0565. The van der Waals surface area contributed by atoms with E-state index in [0.717, 1.165) is 0 Å². The van der Waals surface area contributed by atoms with Gasteiger partial charge in [-0.3, -0.25) is 0 Å². The molecule has 0 aromatic carbocycles. The van der Waals surface area contributed by atoms with Crippen molar-refractivity contribution in [3.63, 3.8) is 0 Å². The summed E-state index contributed by atoms with van der Waals surface area (Å²) >= 11 is 0. The molecule has 0 N–H and O–H groups in total. The molecule has 0 spiro atoms. The SMILES string of the molecule is CCCCCCCCCCCCCCCCCCC1N(CCCCCCCCCCCCCCCCC)C=CN1CCCCCCCCCCCCCCCCCC. The molecule has 0 bridgehead atoms. The van der Waals surface area contributed by atoms with E-state index in [4.69, 9.17) is 0 Å². The molecule has 58 heavy (non-hydrogen) atoms. The van der Waals surface area contributed by atoms with Crippen molar-refractivity contribution in [3.05, 3.63) is 12.4 Å². The van der Waals surface area contributed by atoms with E-state index in [1.807, 2.05) is 0 Å². The lowest BCUT2D eigenvalue weighted by Gasteiger charge is -2.33. The number of nitrogens with zero attached hydrogens (tertiary/aromatic N) is 2. The molecule has 1 rings (SSSR count). The lowest BCUT2D eigenvalue weighted by molar-refractivity contribution is 0.135. The molecule has 0 radical (unpaired) electrons. The molecule has 2 heteroatoms. The van der Waals surface area contributed by atoms with Gasteiger partial charge in [0.15, 0.2) is 0 Å². The zero-order chi connectivity index (χ0) is 41.5. The third-order valence-electron chi connectivity index (χ3n) is 13.8. The molecule has 0 fully saturated rings. The van der Waals surface area contributed by atoms with Gasteiger partial charge in [-0.1, -0.05) is 303 Å². The molecule has 0 amide bonds. The monoisotopic (exact) mass is 813 g/mol. The van der Waals surface area contributed by atoms with Gasteiger partial charge in [-0.25, -0.2) is 0 Å². The molecular formula is C56H112N2. The van der Waals surface area contributed by atoms with E-state index >= 15 is 0 Å². The fourth-order valence-electron chi connectivity index (χ4n) is 9.72. The maximum atomic E-state index is 2.75. The summed E-state index contributed by atoms with van der Waals surface area (Å²) in [5.74, 6) is 0. The molecule has 1 aliphatic heterocycles. The van der Waals surface area contributed by atoms with Gasteiger partial charge in [-0.05, 0) is 25.7 Å². The van der Waals surface area contributed by atoms with Crippen molar-refractivity contribution in [1.82, 2.24) is 9.80 Å². The molecule has 2 nitrogen and oxygen atoms in total. The molecule has 346 valence electrons. The van der Waals surface area contributed by atoms with Crippen LogP contribution in [0.2, 0.25) is 0 Å². The predicted molar refractivity (Wildman–Crippen MR) is 265 cm³/mol. The first kappa shape index (κ1) is 55.4. The minimum atomic E-state index is 0.634. The second kappa shape index (κ2) is 47.4. The maximum Gasteiger partial charge on any atom is 0.101 e. The van der Waals surface area contributed by atoms with Crippen LogP contribution in [0.1, 0.15) is 329 Å². The van der Waals surface area contributed by atoms with E-state index in [1.54, 1.807) is 0 Å². The van der Waals surface area contributed by atoms with Crippen LogP contribution in [0.25, 0.3) is 0 Å². The van der Waals surface area contributed by atoms with Crippen LogP contribution >= 0.6 is 0 Å². The van der Waals surface area contributed by atoms with Gasteiger partial charge in [-0.2, -0.15) is 0 Å². The standard InChI is InChI=1S/C56H112N2/c1-4-7-10-13-16-19-22-25-28-30-33-36-39-42-45-48-51-56-57(52-49-46-43-40-37-34-31-27-24-21-18-15-12-9-6-3)54-55-58(56)53-50-47-44-41-38-35-32-29-26-23-20-17-14-11-8-5-2/h54-56H,4-53H2,1-3H3. The summed E-state index contributed by atoms with van der Waals surface area (Å²) in [5, 5.41) is 0. The predicted octanol–water partition coefficient (Wildman–Crippen LogP) is 20.2. The average Bonchev–Trinajstić information content (AvgIpc) is 3.62. The zero-order valence-electron chi connectivity index (χ0n) is 41.0. The summed E-state index contributed by atoms with van der Waals surface area (Å²) in [4.78, 5) is 5.50. The summed E-state index contributed by atoms with van der Waals surface area (Å²) in [7, 11) is 0. The van der Waals surface area contributed by atoms with E-state index in [1.165, 1.54) is 321 Å². The van der Waals surface area contributed by atoms with Crippen LogP contribution in [0.5, 0.6) is 0 Å². The van der Waals surface area contributed by atoms with E-state index in [9.17, 15) is 0 Å². The van der Waals surface area contributed by atoms with Gasteiger partial charge < -0.3 is 9.80 Å². The Hall–Kier alpha value is -0.660. The van der Waals surface area contributed by atoms with E-state index < -0.39 is 0 Å². The van der Waals surface area contributed by atoms with Gasteiger partial charge in [0.05, 0.1) is 0 Å². The van der Waals surface area contributed by atoms with Crippen molar-refractivity contribution < 1.29 is 0 Å². The smallest absolute Gasteiger partial charge is 0.101 e. The third-order valence-corrected chi connectivity index (χ3v) is 13.8. The Balaban J connectivity index is 2.19. The Kier molecular flexibility index (Phi) is 45.2. The van der Waals surface area contributed by atoms with Gasteiger partial charge in [0.2, 0.25) is 0 Å². The Labute approximate surface area is 369 Å². The normalized spacial score (nSPS) is 14.2. The van der Waals surface area contributed by atoms with Gasteiger partial charge in [0, 0.05) is 25.5 Å². The first-order valence-corrected chi connectivity index (χ1v) is 28.0. The topological polar surface area (TPSA) is 6.48 Å². The molecule has 1 heterocycles. The summed E-state index contributed by atoms with van der Waals surface area (Å²) in [5.41, 5.74) is 0. The summed E-state index contributed by atoms with van der Waals surface area (Å²) in [6.07, 6.45) is 75.3. The Morgan fingerprint density at radius 1 is 0.224 bits per heavy atom. The largest absolute Gasteiger partial charge is 0.356 e. The van der Waals surface area contributed by atoms with Crippen LogP contribution in [0.4, 0.5) is 0 Å². The molecule has 0 aromatic heterocycles. The van der Waals surface area contributed by atoms with Crippen LogP contribution in [-0.2, 0) is 0 Å². The first-order chi connectivity index (χ1) is 28.8. The third kappa shape index (κ3) is 38.3. The van der Waals surface area contributed by atoms with Crippen LogP contribution < -0.4 is 0 Å². The minimum Gasteiger partial charge on any atom is -0.356 e.